The van der Waals surface area contributed by atoms with Crippen molar-refractivity contribution in [1.82, 2.24) is 4.98 Å². The highest BCUT2D eigenvalue weighted by Gasteiger charge is 2.16. The van der Waals surface area contributed by atoms with E-state index in [2.05, 4.69) is 31.0 Å². The van der Waals surface area contributed by atoms with Gasteiger partial charge in [0.2, 0.25) is 0 Å². The van der Waals surface area contributed by atoms with E-state index in [1.54, 1.807) is 18.3 Å². The summed E-state index contributed by atoms with van der Waals surface area (Å²) in [6.45, 7) is 0. The van der Waals surface area contributed by atoms with E-state index in [9.17, 15) is 4.79 Å². The Bertz CT molecular complexity index is 658. The molecule has 0 saturated heterocycles. The summed E-state index contributed by atoms with van der Waals surface area (Å²) in [6, 6.07) is 10.8. The first kappa shape index (κ1) is 14.2. The fraction of sp³-hybridized carbons (Fsp3) is 0.0714. The number of methoxy groups -OCH3 is 1. The van der Waals surface area contributed by atoms with Gasteiger partial charge in [-0.05, 0) is 30.3 Å². The first-order valence-electron chi connectivity index (χ1n) is 5.76. The molecule has 2 N–H and O–H groups in total. The molecule has 1 heterocycles. The summed E-state index contributed by atoms with van der Waals surface area (Å²) in [5.74, 6) is -0.267. The molecule has 0 unspecified atom stereocenters. The Labute approximate surface area is 124 Å². The number of pyridine rings is 1. The topological polar surface area (TPSA) is 75.1 Å². The van der Waals surface area contributed by atoms with Gasteiger partial charge in [-0.25, -0.2) is 9.78 Å². The fourth-order valence-electron chi connectivity index (χ4n) is 1.62. The van der Waals surface area contributed by atoms with Gasteiger partial charge in [-0.3, -0.25) is 5.41 Å². The molecule has 2 aromatic rings. The number of ether oxygens (including phenoxy) is 1. The van der Waals surface area contributed by atoms with Crippen molar-refractivity contribution >= 4 is 39.1 Å². The third-order valence-corrected chi connectivity index (χ3v) is 3.05. The highest BCUT2D eigenvalue weighted by atomic mass is 79.9. The van der Waals surface area contributed by atoms with Crippen LogP contribution in [0.4, 0.5) is 11.5 Å². The van der Waals surface area contributed by atoms with E-state index in [0.29, 0.717) is 11.4 Å². The number of benzene rings is 1. The Morgan fingerprint density at radius 1 is 1.35 bits per heavy atom. The molecule has 1 aromatic carbocycles. The number of halogens is 1. The van der Waals surface area contributed by atoms with Crippen LogP contribution in [-0.4, -0.2) is 23.8 Å². The van der Waals surface area contributed by atoms with Crippen LogP contribution < -0.4 is 5.32 Å². The first-order valence-corrected chi connectivity index (χ1v) is 6.56. The third-order valence-electron chi connectivity index (χ3n) is 2.55. The Hall–Kier alpha value is -2.21. The molecule has 0 atom stereocenters. The Kier molecular flexibility index (Phi) is 4.47. The van der Waals surface area contributed by atoms with Crippen LogP contribution in [-0.2, 0) is 9.53 Å². The number of aromatic nitrogens is 1. The quantitative estimate of drug-likeness (QED) is 0.665. The van der Waals surface area contributed by atoms with Crippen LogP contribution >= 0.6 is 15.9 Å². The minimum absolute atomic E-state index is 0.238. The van der Waals surface area contributed by atoms with Crippen LogP contribution in [0, 0.1) is 5.41 Å². The van der Waals surface area contributed by atoms with Gasteiger partial charge >= 0.3 is 5.97 Å². The predicted molar refractivity (Wildman–Crippen MR) is 80.5 cm³/mol. The molecular weight excluding hydrogens is 322 g/mol. The van der Waals surface area contributed by atoms with E-state index >= 15 is 0 Å². The van der Waals surface area contributed by atoms with Crippen LogP contribution in [0.1, 0.15) is 5.56 Å². The van der Waals surface area contributed by atoms with Gasteiger partial charge in [-0.15, -0.1) is 0 Å². The van der Waals surface area contributed by atoms with Crippen molar-refractivity contribution in [1.29, 1.82) is 5.41 Å². The molecule has 20 heavy (non-hydrogen) atoms. The Morgan fingerprint density at radius 2 is 2.15 bits per heavy atom. The molecule has 0 spiro atoms. The molecule has 0 bridgehead atoms. The molecule has 5 nitrogen and oxygen atoms in total. The zero-order valence-electron chi connectivity index (χ0n) is 10.7. The van der Waals surface area contributed by atoms with Crippen molar-refractivity contribution in [3.8, 4) is 0 Å². The number of rotatable bonds is 4. The average Bonchev–Trinajstić information content (AvgIpc) is 2.46. The van der Waals surface area contributed by atoms with Gasteiger partial charge in [0.05, 0.1) is 7.11 Å². The molecule has 0 aliphatic carbocycles. The molecule has 6 heteroatoms. The molecule has 0 saturated carbocycles. The van der Waals surface area contributed by atoms with Crippen LogP contribution in [0.15, 0.2) is 47.1 Å². The highest BCUT2D eigenvalue weighted by Crippen LogP contribution is 2.22. The van der Waals surface area contributed by atoms with Gasteiger partial charge < -0.3 is 10.1 Å². The van der Waals surface area contributed by atoms with Crippen molar-refractivity contribution in [2.45, 2.75) is 0 Å². The monoisotopic (exact) mass is 333 g/mol. The third kappa shape index (κ3) is 3.21. The van der Waals surface area contributed by atoms with E-state index in [4.69, 9.17) is 5.41 Å². The SMILES string of the molecule is COC(=O)C(=N)c1cccnc1Nc1cccc(Br)c1. The van der Waals surface area contributed by atoms with E-state index in [1.807, 2.05) is 24.3 Å². The maximum atomic E-state index is 11.5. The number of carbonyl (C=O) groups excluding carboxylic acids is 1. The van der Waals surface area contributed by atoms with Gasteiger partial charge in [-0.1, -0.05) is 22.0 Å². The van der Waals surface area contributed by atoms with E-state index < -0.39 is 5.97 Å². The second-order valence-electron chi connectivity index (χ2n) is 3.90. The summed E-state index contributed by atoms with van der Waals surface area (Å²) >= 11 is 3.38. The minimum atomic E-state index is -0.699. The summed E-state index contributed by atoms with van der Waals surface area (Å²) < 4.78 is 5.48. The summed E-state index contributed by atoms with van der Waals surface area (Å²) in [5.41, 5.74) is 0.953. The van der Waals surface area contributed by atoms with Crippen molar-refractivity contribution in [2.75, 3.05) is 12.4 Å². The Morgan fingerprint density at radius 3 is 2.85 bits per heavy atom. The smallest absolute Gasteiger partial charge is 0.356 e. The first-order chi connectivity index (χ1) is 9.61. The molecule has 0 radical (unpaired) electrons. The van der Waals surface area contributed by atoms with Crippen LogP contribution in [0.25, 0.3) is 0 Å². The average molecular weight is 334 g/mol. The van der Waals surface area contributed by atoms with Crippen LogP contribution in [0.3, 0.4) is 0 Å². The normalized spacial score (nSPS) is 9.90. The molecule has 0 aliphatic heterocycles. The van der Waals surface area contributed by atoms with E-state index in [0.717, 1.165) is 10.2 Å². The maximum absolute atomic E-state index is 11.5. The maximum Gasteiger partial charge on any atom is 0.356 e. The molecule has 2 rings (SSSR count). The predicted octanol–water partition coefficient (Wildman–Crippen LogP) is 3.13. The molecule has 0 aliphatic rings. The summed E-state index contributed by atoms with van der Waals surface area (Å²) in [5, 5.41) is 10.9. The summed E-state index contributed by atoms with van der Waals surface area (Å²) in [4.78, 5) is 15.6. The van der Waals surface area contributed by atoms with Crippen molar-refractivity contribution in [3.05, 3.63) is 52.6 Å². The fourth-order valence-corrected chi connectivity index (χ4v) is 2.02. The van der Waals surface area contributed by atoms with Crippen molar-refractivity contribution in [2.24, 2.45) is 0 Å². The summed E-state index contributed by atoms with van der Waals surface area (Å²) in [7, 11) is 1.24. The Balaban J connectivity index is 2.33. The zero-order chi connectivity index (χ0) is 14.5. The second kappa shape index (κ2) is 6.29. The lowest BCUT2D eigenvalue weighted by Crippen LogP contribution is -2.17. The van der Waals surface area contributed by atoms with Gasteiger partial charge in [-0.2, -0.15) is 0 Å². The number of carbonyl (C=O) groups is 1. The number of esters is 1. The molecule has 102 valence electrons. The lowest BCUT2D eigenvalue weighted by atomic mass is 10.1. The minimum Gasteiger partial charge on any atom is -0.464 e. The molecule has 0 fully saturated rings. The number of nitrogens with zero attached hydrogens (tertiary/aromatic N) is 1. The summed E-state index contributed by atoms with van der Waals surface area (Å²) in [6.07, 6.45) is 1.59. The lowest BCUT2D eigenvalue weighted by Gasteiger charge is -2.10. The highest BCUT2D eigenvalue weighted by molar-refractivity contribution is 9.10. The van der Waals surface area contributed by atoms with E-state index in [-0.39, 0.29) is 5.71 Å². The van der Waals surface area contributed by atoms with Crippen molar-refractivity contribution in [3.63, 3.8) is 0 Å². The van der Waals surface area contributed by atoms with Gasteiger partial charge in [0.15, 0.2) is 5.71 Å². The number of hydrogen-bond acceptors (Lipinski definition) is 5. The lowest BCUT2D eigenvalue weighted by molar-refractivity contribution is -0.132. The number of anilines is 2. The van der Waals surface area contributed by atoms with Gasteiger partial charge in [0, 0.05) is 21.9 Å². The van der Waals surface area contributed by atoms with Crippen LogP contribution in [0.5, 0.6) is 0 Å². The standard InChI is InChI=1S/C14H12BrN3O2/c1-20-14(19)12(16)11-6-3-7-17-13(11)18-10-5-2-4-9(15)8-10/h2-8,16H,1H3,(H,17,18). The largest absolute Gasteiger partial charge is 0.464 e. The second-order valence-corrected chi connectivity index (χ2v) is 4.82. The number of hydrogen-bond donors (Lipinski definition) is 2. The number of nitrogens with one attached hydrogen (secondary N) is 2. The molecule has 1 aromatic heterocycles. The molecular formula is C14H12BrN3O2. The van der Waals surface area contributed by atoms with Crippen molar-refractivity contribution < 1.29 is 9.53 Å². The van der Waals surface area contributed by atoms with Crippen LogP contribution in [0.2, 0.25) is 0 Å². The molecule has 0 amide bonds. The van der Waals surface area contributed by atoms with Gasteiger partial charge in [0.25, 0.3) is 0 Å². The van der Waals surface area contributed by atoms with Gasteiger partial charge in [0.1, 0.15) is 5.82 Å². The zero-order valence-corrected chi connectivity index (χ0v) is 12.3. The van der Waals surface area contributed by atoms with E-state index in [1.165, 1.54) is 7.11 Å².